The van der Waals surface area contributed by atoms with Crippen LogP contribution >= 0.6 is 0 Å². The van der Waals surface area contributed by atoms with E-state index in [4.69, 9.17) is 4.74 Å². The van der Waals surface area contributed by atoms with Crippen LogP contribution in [0.4, 0.5) is 0 Å². The van der Waals surface area contributed by atoms with Gasteiger partial charge < -0.3 is 15.0 Å². The highest BCUT2D eigenvalue weighted by Crippen LogP contribution is 1.79. The summed E-state index contributed by atoms with van der Waals surface area (Å²) in [4.78, 5) is 12.6. The topological polar surface area (TPSA) is 41.6 Å². The Morgan fingerprint density at radius 2 is 2.17 bits per heavy atom. The Hall–Kier alpha value is -0.610. The zero-order valence-corrected chi connectivity index (χ0v) is 8.09. The summed E-state index contributed by atoms with van der Waals surface area (Å²) in [5.41, 5.74) is 0. The van der Waals surface area contributed by atoms with Crippen molar-refractivity contribution in [2.45, 2.75) is 6.42 Å². The van der Waals surface area contributed by atoms with Crippen molar-refractivity contribution < 1.29 is 9.53 Å². The first-order chi connectivity index (χ1) is 5.68. The Bertz CT molecular complexity index is 126. The number of carbonyl (C=O) groups excluding carboxylic acids is 1. The van der Waals surface area contributed by atoms with E-state index in [2.05, 4.69) is 5.32 Å². The maximum atomic E-state index is 11.0. The number of likely N-dealkylation sites (N-methyl/N-ethyl adjacent to an activating group) is 1. The van der Waals surface area contributed by atoms with E-state index in [1.807, 2.05) is 0 Å². The molecule has 0 unspecified atom stereocenters. The first-order valence-corrected chi connectivity index (χ1v) is 4.08. The van der Waals surface area contributed by atoms with Crippen molar-refractivity contribution in [1.29, 1.82) is 0 Å². The third-order valence-corrected chi connectivity index (χ3v) is 1.48. The molecule has 0 spiro atoms. The highest BCUT2D eigenvalue weighted by Gasteiger charge is 2.00. The standard InChI is InChI=1S/C8H18N2O2/c1-10(2)8(11)7-9-5-4-6-12-3/h9H,4-7H2,1-3H3. The van der Waals surface area contributed by atoms with Gasteiger partial charge in [-0.15, -0.1) is 0 Å². The summed E-state index contributed by atoms with van der Waals surface area (Å²) in [6.45, 7) is 1.98. The van der Waals surface area contributed by atoms with E-state index >= 15 is 0 Å². The lowest BCUT2D eigenvalue weighted by molar-refractivity contribution is -0.127. The number of carbonyl (C=O) groups is 1. The predicted molar refractivity (Wildman–Crippen MR) is 48.1 cm³/mol. The van der Waals surface area contributed by atoms with Crippen molar-refractivity contribution in [3.8, 4) is 0 Å². The van der Waals surface area contributed by atoms with Gasteiger partial charge in [-0.2, -0.15) is 0 Å². The summed E-state index contributed by atoms with van der Waals surface area (Å²) >= 11 is 0. The lowest BCUT2D eigenvalue weighted by Gasteiger charge is -2.10. The lowest BCUT2D eigenvalue weighted by Crippen LogP contribution is -2.33. The monoisotopic (exact) mass is 174 g/mol. The quantitative estimate of drug-likeness (QED) is 0.562. The van der Waals surface area contributed by atoms with Crippen molar-refractivity contribution in [2.75, 3.05) is 40.9 Å². The van der Waals surface area contributed by atoms with Crippen molar-refractivity contribution in [3.05, 3.63) is 0 Å². The van der Waals surface area contributed by atoms with Crippen LogP contribution in [0, 0.1) is 0 Å². The average Bonchev–Trinajstić information content (AvgIpc) is 2.03. The molecule has 0 aliphatic carbocycles. The van der Waals surface area contributed by atoms with E-state index < -0.39 is 0 Å². The van der Waals surface area contributed by atoms with Crippen molar-refractivity contribution in [3.63, 3.8) is 0 Å². The second-order valence-electron chi connectivity index (χ2n) is 2.81. The van der Waals surface area contributed by atoms with Crippen LogP contribution in [0.1, 0.15) is 6.42 Å². The highest BCUT2D eigenvalue weighted by molar-refractivity contribution is 5.77. The molecule has 0 heterocycles. The van der Waals surface area contributed by atoms with Gasteiger partial charge in [0.1, 0.15) is 0 Å². The second kappa shape index (κ2) is 7.06. The fraction of sp³-hybridized carbons (Fsp3) is 0.875. The van der Waals surface area contributed by atoms with Gasteiger partial charge in [0.25, 0.3) is 0 Å². The van der Waals surface area contributed by atoms with Crippen molar-refractivity contribution in [1.82, 2.24) is 10.2 Å². The Morgan fingerprint density at radius 3 is 2.67 bits per heavy atom. The fourth-order valence-electron chi connectivity index (χ4n) is 0.695. The Balaban J connectivity index is 3.14. The highest BCUT2D eigenvalue weighted by atomic mass is 16.5. The van der Waals surface area contributed by atoms with Crippen LogP contribution in [-0.4, -0.2) is 51.7 Å². The molecule has 0 aliphatic rings. The number of ether oxygens (including phenoxy) is 1. The molecule has 72 valence electrons. The number of methoxy groups -OCH3 is 1. The zero-order valence-electron chi connectivity index (χ0n) is 8.09. The minimum absolute atomic E-state index is 0.104. The van der Waals surface area contributed by atoms with Gasteiger partial charge in [-0.1, -0.05) is 0 Å². The number of rotatable bonds is 6. The van der Waals surface area contributed by atoms with Gasteiger partial charge in [-0.05, 0) is 13.0 Å². The number of hydrogen-bond acceptors (Lipinski definition) is 3. The molecule has 0 atom stereocenters. The first-order valence-electron chi connectivity index (χ1n) is 4.08. The van der Waals surface area contributed by atoms with Gasteiger partial charge in [-0.25, -0.2) is 0 Å². The molecular formula is C8H18N2O2. The number of nitrogens with one attached hydrogen (secondary N) is 1. The zero-order chi connectivity index (χ0) is 9.40. The molecule has 4 heteroatoms. The second-order valence-corrected chi connectivity index (χ2v) is 2.81. The molecule has 4 nitrogen and oxygen atoms in total. The van der Waals surface area contributed by atoms with Crippen molar-refractivity contribution in [2.24, 2.45) is 0 Å². The number of nitrogens with zero attached hydrogens (tertiary/aromatic N) is 1. The van der Waals surface area contributed by atoms with Crippen LogP contribution in [0.5, 0.6) is 0 Å². The largest absolute Gasteiger partial charge is 0.385 e. The average molecular weight is 174 g/mol. The third-order valence-electron chi connectivity index (χ3n) is 1.48. The number of amides is 1. The molecule has 0 aromatic carbocycles. The summed E-state index contributed by atoms with van der Waals surface area (Å²) in [6, 6.07) is 0. The minimum atomic E-state index is 0.104. The van der Waals surface area contributed by atoms with E-state index in [0.29, 0.717) is 6.54 Å². The molecular weight excluding hydrogens is 156 g/mol. The molecule has 1 amide bonds. The van der Waals surface area contributed by atoms with E-state index in [9.17, 15) is 4.79 Å². The first kappa shape index (κ1) is 11.4. The van der Waals surface area contributed by atoms with E-state index in [1.54, 1.807) is 26.1 Å². The Labute approximate surface area is 73.9 Å². The van der Waals surface area contributed by atoms with E-state index in [1.165, 1.54) is 0 Å². The van der Waals surface area contributed by atoms with Crippen LogP contribution in [0.2, 0.25) is 0 Å². The molecule has 0 aromatic rings. The van der Waals surface area contributed by atoms with Crippen LogP contribution in [0.25, 0.3) is 0 Å². The molecule has 0 saturated carbocycles. The van der Waals surface area contributed by atoms with Gasteiger partial charge >= 0.3 is 0 Å². The maximum absolute atomic E-state index is 11.0. The SMILES string of the molecule is COCCCNCC(=O)N(C)C. The molecule has 0 fully saturated rings. The molecule has 0 bridgehead atoms. The summed E-state index contributed by atoms with van der Waals surface area (Å²) in [5.74, 6) is 0.104. The van der Waals surface area contributed by atoms with Crippen LogP contribution in [-0.2, 0) is 9.53 Å². The molecule has 12 heavy (non-hydrogen) atoms. The third kappa shape index (κ3) is 6.12. The maximum Gasteiger partial charge on any atom is 0.236 e. The van der Waals surface area contributed by atoms with Crippen molar-refractivity contribution >= 4 is 5.91 Å². The van der Waals surface area contributed by atoms with E-state index in [0.717, 1.165) is 19.6 Å². The van der Waals surface area contributed by atoms with Crippen LogP contribution < -0.4 is 5.32 Å². The van der Waals surface area contributed by atoms with Crippen LogP contribution in [0.3, 0.4) is 0 Å². The molecule has 1 N–H and O–H groups in total. The normalized spacial score (nSPS) is 9.92. The molecule has 0 aliphatic heterocycles. The Kier molecular flexibility index (Phi) is 6.70. The van der Waals surface area contributed by atoms with Crippen LogP contribution in [0.15, 0.2) is 0 Å². The fourth-order valence-corrected chi connectivity index (χ4v) is 0.695. The summed E-state index contributed by atoms with van der Waals surface area (Å²) in [5, 5.41) is 3.03. The Morgan fingerprint density at radius 1 is 1.50 bits per heavy atom. The number of hydrogen-bond donors (Lipinski definition) is 1. The molecule has 0 aromatic heterocycles. The lowest BCUT2D eigenvalue weighted by atomic mass is 10.4. The van der Waals surface area contributed by atoms with Gasteiger partial charge in [0.15, 0.2) is 0 Å². The predicted octanol–water partition coefficient (Wildman–Crippen LogP) is -0.299. The summed E-state index contributed by atoms with van der Waals surface area (Å²) in [6.07, 6.45) is 0.942. The van der Waals surface area contributed by atoms with E-state index in [-0.39, 0.29) is 5.91 Å². The minimum Gasteiger partial charge on any atom is -0.385 e. The smallest absolute Gasteiger partial charge is 0.236 e. The summed E-state index contributed by atoms with van der Waals surface area (Å²) < 4.78 is 4.86. The van der Waals surface area contributed by atoms with Gasteiger partial charge in [0, 0.05) is 27.8 Å². The molecule has 0 rings (SSSR count). The molecule has 0 saturated heterocycles. The summed E-state index contributed by atoms with van der Waals surface area (Å²) in [7, 11) is 5.17. The molecule has 0 radical (unpaired) electrons. The van der Waals surface area contributed by atoms with Gasteiger partial charge in [0.2, 0.25) is 5.91 Å². The van der Waals surface area contributed by atoms with Gasteiger partial charge in [-0.3, -0.25) is 4.79 Å². The van der Waals surface area contributed by atoms with Gasteiger partial charge in [0.05, 0.1) is 6.54 Å².